The van der Waals surface area contributed by atoms with Crippen LogP contribution < -0.4 is 20.5 Å². The van der Waals surface area contributed by atoms with Crippen LogP contribution in [0.25, 0.3) is 0 Å². The minimum Gasteiger partial charge on any atom is -0.493 e. The largest absolute Gasteiger partial charge is 0.493 e. The third-order valence-electron chi connectivity index (χ3n) is 6.25. The topological polar surface area (TPSA) is 104 Å². The standard InChI is InChI=1S/C28H35N5O3S/c1-7-14-37-27-31-26-30-17(2)23(25(29)34)24(33(26)32-27)19-10-13-21(22(15-19)35-6)36-16-18-8-11-20(12-9-18)28(3,4)5/h8-13,15,24H,7,14,16H2,1-6H3,(H2,29,34)(H,30,31,32). The number of hydrogen-bond donors (Lipinski definition) is 2. The van der Waals surface area contributed by atoms with Crippen LogP contribution in [0.2, 0.25) is 0 Å². The van der Waals surface area contributed by atoms with Gasteiger partial charge in [0.2, 0.25) is 17.0 Å². The molecule has 2 aromatic carbocycles. The molecule has 1 aliphatic heterocycles. The highest BCUT2D eigenvalue weighted by molar-refractivity contribution is 7.99. The van der Waals surface area contributed by atoms with E-state index in [1.54, 1.807) is 23.6 Å². The molecule has 1 amide bonds. The van der Waals surface area contributed by atoms with Crippen molar-refractivity contribution >= 4 is 23.6 Å². The van der Waals surface area contributed by atoms with Crippen LogP contribution >= 0.6 is 11.8 Å². The summed E-state index contributed by atoms with van der Waals surface area (Å²) in [6.45, 7) is 10.9. The molecule has 1 aromatic heterocycles. The highest BCUT2D eigenvalue weighted by Crippen LogP contribution is 2.39. The van der Waals surface area contributed by atoms with E-state index >= 15 is 0 Å². The van der Waals surface area contributed by atoms with E-state index in [4.69, 9.17) is 15.2 Å². The molecule has 4 rings (SSSR count). The molecule has 3 N–H and O–H groups in total. The molecule has 0 fully saturated rings. The van der Waals surface area contributed by atoms with Crippen LogP contribution in [-0.4, -0.2) is 33.5 Å². The molecule has 2 heterocycles. The Kier molecular flexibility index (Phi) is 7.82. The van der Waals surface area contributed by atoms with E-state index in [2.05, 4.69) is 67.4 Å². The van der Waals surface area contributed by atoms with Crippen molar-refractivity contribution in [3.8, 4) is 11.5 Å². The Hall–Kier alpha value is -3.46. The number of methoxy groups -OCH3 is 1. The summed E-state index contributed by atoms with van der Waals surface area (Å²) in [7, 11) is 1.60. The maximum atomic E-state index is 12.5. The van der Waals surface area contributed by atoms with Crippen molar-refractivity contribution in [2.45, 2.75) is 64.3 Å². The molecule has 196 valence electrons. The zero-order valence-electron chi connectivity index (χ0n) is 22.3. The van der Waals surface area contributed by atoms with Crippen LogP contribution in [0, 0.1) is 0 Å². The number of nitrogens with zero attached hydrogens (tertiary/aromatic N) is 3. The fraction of sp³-hybridized carbons (Fsp3) is 0.393. The number of carbonyl (C=O) groups is 1. The van der Waals surface area contributed by atoms with Crippen LogP contribution in [0.1, 0.15) is 63.8 Å². The average Bonchev–Trinajstić information content (AvgIpc) is 3.27. The van der Waals surface area contributed by atoms with Crippen molar-refractivity contribution < 1.29 is 14.3 Å². The molecule has 37 heavy (non-hydrogen) atoms. The molecule has 9 heteroatoms. The second-order valence-electron chi connectivity index (χ2n) is 10.1. The SMILES string of the molecule is CCCSc1nc2n(n1)C(c1ccc(OCc3ccc(C(C)(C)C)cc3)c(OC)c1)C(C(N)=O)=C(C)N2. The molecule has 1 atom stereocenters. The number of fused-ring (bicyclic) bond motifs is 1. The molecule has 1 unspecified atom stereocenters. The molecule has 0 radical (unpaired) electrons. The number of thioether (sulfide) groups is 1. The number of allylic oxidation sites excluding steroid dienone is 1. The number of anilines is 1. The maximum Gasteiger partial charge on any atom is 0.248 e. The predicted molar refractivity (Wildman–Crippen MR) is 147 cm³/mol. The van der Waals surface area contributed by atoms with Gasteiger partial charge in [0.1, 0.15) is 12.6 Å². The van der Waals surface area contributed by atoms with Crippen molar-refractivity contribution in [2.24, 2.45) is 5.73 Å². The van der Waals surface area contributed by atoms with Gasteiger partial charge in [-0.2, -0.15) is 4.98 Å². The molecule has 3 aromatic rings. The minimum absolute atomic E-state index is 0.100. The smallest absolute Gasteiger partial charge is 0.248 e. The molecular formula is C28H35N5O3S. The number of benzene rings is 2. The first-order chi connectivity index (χ1) is 17.6. The van der Waals surface area contributed by atoms with Crippen LogP contribution in [0.5, 0.6) is 11.5 Å². The van der Waals surface area contributed by atoms with Crippen LogP contribution in [0.15, 0.2) is 58.9 Å². The van der Waals surface area contributed by atoms with Crippen molar-refractivity contribution in [2.75, 3.05) is 18.2 Å². The molecule has 0 saturated heterocycles. The van der Waals surface area contributed by atoms with Crippen molar-refractivity contribution in [3.63, 3.8) is 0 Å². The van der Waals surface area contributed by atoms with Crippen molar-refractivity contribution in [1.29, 1.82) is 0 Å². The number of carbonyl (C=O) groups excluding carboxylic acids is 1. The number of rotatable bonds is 9. The monoisotopic (exact) mass is 521 g/mol. The van der Waals surface area contributed by atoms with Gasteiger partial charge in [-0.25, -0.2) is 4.68 Å². The molecule has 1 aliphatic rings. The van der Waals surface area contributed by atoms with Gasteiger partial charge in [-0.1, -0.05) is 69.8 Å². The zero-order chi connectivity index (χ0) is 26.7. The minimum atomic E-state index is -0.537. The lowest BCUT2D eigenvalue weighted by Gasteiger charge is -2.28. The lowest BCUT2D eigenvalue weighted by atomic mass is 9.87. The summed E-state index contributed by atoms with van der Waals surface area (Å²) in [4.78, 5) is 17.1. The summed E-state index contributed by atoms with van der Waals surface area (Å²) >= 11 is 1.58. The number of nitrogens with two attached hydrogens (primary N) is 1. The first kappa shape index (κ1) is 26.6. The Morgan fingerprint density at radius 1 is 1.16 bits per heavy atom. The average molecular weight is 522 g/mol. The third-order valence-corrected chi connectivity index (χ3v) is 7.30. The first-order valence-electron chi connectivity index (χ1n) is 12.4. The van der Waals surface area contributed by atoms with Gasteiger partial charge in [0.05, 0.1) is 12.7 Å². The molecule has 0 saturated carbocycles. The Bertz CT molecular complexity index is 1310. The van der Waals surface area contributed by atoms with Gasteiger partial charge >= 0.3 is 0 Å². The second-order valence-corrected chi connectivity index (χ2v) is 11.1. The molecule has 8 nitrogen and oxygen atoms in total. The molecular weight excluding hydrogens is 486 g/mol. The summed E-state index contributed by atoms with van der Waals surface area (Å²) in [6, 6.07) is 13.6. The Morgan fingerprint density at radius 3 is 2.51 bits per heavy atom. The summed E-state index contributed by atoms with van der Waals surface area (Å²) in [6.07, 6.45) is 1.01. The van der Waals surface area contributed by atoms with E-state index < -0.39 is 11.9 Å². The zero-order valence-corrected chi connectivity index (χ0v) is 23.1. The quantitative estimate of drug-likeness (QED) is 0.361. The molecule has 0 spiro atoms. The Labute approximate surface area is 222 Å². The number of ether oxygens (including phenoxy) is 2. The van der Waals surface area contributed by atoms with E-state index in [9.17, 15) is 4.79 Å². The van der Waals surface area contributed by atoms with Gasteiger partial charge in [-0.3, -0.25) is 4.79 Å². The summed E-state index contributed by atoms with van der Waals surface area (Å²) < 4.78 is 13.5. The van der Waals surface area contributed by atoms with Crippen molar-refractivity contribution in [3.05, 3.63) is 70.4 Å². The maximum absolute atomic E-state index is 12.5. The normalized spacial score (nSPS) is 15.2. The number of primary amides is 1. The molecule has 0 bridgehead atoms. The number of amides is 1. The number of aromatic nitrogens is 3. The van der Waals surface area contributed by atoms with Crippen LogP contribution in [-0.2, 0) is 16.8 Å². The lowest BCUT2D eigenvalue weighted by Crippen LogP contribution is -2.31. The third kappa shape index (κ3) is 5.77. The lowest BCUT2D eigenvalue weighted by molar-refractivity contribution is -0.115. The number of nitrogens with one attached hydrogen (secondary N) is 1. The van der Waals surface area contributed by atoms with E-state index in [1.807, 2.05) is 25.1 Å². The highest BCUT2D eigenvalue weighted by Gasteiger charge is 2.34. The van der Waals surface area contributed by atoms with Crippen LogP contribution in [0.4, 0.5) is 5.95 Å². The van der Waals surface area contributed by atoms with Crippen molar-refractivity contribution in [1.82, 2.24) is 14.8 Å². The van der Waals surface area contributed by atoms with Gasteiger partial charge in [-0.15, -0.1) is 5.10 Å². The van der Waals surface area contributed by atoms with Gasteiger partial charge in [-0.05, 0) is 47.6 Å². The van der Waals surface area contributed by atoms with Gasteiger partial charge in [0.25, 0.3) is 0 Å². The fourth-order valence-electron chi connectivity index (χ4n) is 4.25. The Balaban J connectivity index is 1.63. The highest BCUT2D eigenvalue weighted by atomic mass is 32.2. The summed E-state index contributed by atoms with van der Waals surface area (Å²) in [5.74, 6) is 2.13. The van der Waals surface area contributed by atoms with Gasteiger partial charge in [0.15, 0.2) is 11.5 Å². The second kappa shape index (κ2) is 10.9. The summed E-state index contributed by atoms with van der Waals surface area (Å²) in [5, 5.41) is 8.51. The van der Waals surface area contributed by atoms with Gasteiger partial charge < -0.3 is 20.5 Å². The number of hydrogen-bond acceptors (Lipinski definition) is 7. The van der Waals surface area contributed by atoms with E-state index in [-0.39, 0.29) is 5.41 Å². The van der Waals surface area contributed by atoms with Gasteiger partial charge in [0, 0.05) is 11.4 Å². The predicted octanol–water partition coefficient (Wildman–Crippen LogP) is 5.44. The van der Waals surface area contributed by atoms with Crippen LogP contribution in [0.3, 0.4) is 0 Å². The first-order valence-corrected chi connectivity index (χ1v) is 13.4. The Morgan fingerprint density at radius 2 is 1.89 bits per heavy atom. The molecule has 0 aliphatic carbocycles. The van der Waals surface area contributed by atoms with E-state index in [0.29, 0.717) is 40.5 Å². The summed E-state index contributed by atoms with van der Waals surface area (Å²) in [5.41, 5.74) is 10.1. The van der Waals surface area contributed by atoms with E-state index in [1.165, 1.54) is 5.56 Å². The fourth-order valence-corrected chi connectivity index (χ4v) is 4.93. The van der Waals surface area contributed by atoms with E-state index in [0.717, 1.165) is 23.3 Å².